The molecular formula is C44H38N4. The summed E-state index contributed by atoms with van der Waals surface area (Å²) in [6.07, 6.45) is 7.54. The van der Waals surface area contributed by atoms with Gasteiger partial charge in [-0.1, -0.05) is 143 Å². The van der Waals surface area contributed by atoms with E-state index in [2.05, 4.69) is 153 Å². The van der Waals surface area contributed by atoms with E-state index >= 15 is 0 Å². The van der Waals surface area contributed by atoms with Gasteiger partial charge in [0.1, 0.15) is 0 Å². The molecule has 234 valence electrons. The molecule has 6 aromatic rings. The van der Waals surface area contributed by atoms with Gasteiger partial charge >= 0.3 is 0 Å². The number of H-pyrrole nitrogens is 1. The molecule has 1 aliphatic heterocycles. The quantitative estimate of drug-likeness (QED) is 0.213. The van der Waals surface area contributed by atoms with Gasteiger partial charge in [-0.05, 0) is 63.6 Å². The van der Waals surface area contributed by atoms with Crippen molar-refractivity contribution < 1.29 is 0 Å². The fourth-order valence-electron chi connectivity index (χ4n) is 8.71. The van der Waals surface area contributed by atoms with Crippen molar-refractivity contribution in [2.45, 2.75) is 50.9 Å². The number of aromatic nitrogens is 3. The largest absolute Gasteiger partial charge is 0.310 e. The highest BCUT2D eigenvalue weighted by atomic mass is 15.2. The van der Waals surface area contributed by atoms with Gasteiger partial charge < -0.3 is 4.90 Å². The Balaban J connectivity index is 1.19. The minimum atomic E-state index is -0.255. The van der Waals surface area contributed by atoms with Gasteiger partial charge in [-0.3, -0.25) is 5.10 Å². The summed E-state index contributed by atoms with van der Waals surface area (Å²) in [5.74, 6) is 1.69. The maximum Gasteiger partial charge on any atom is 0.178 e. The van der Waals surface area contributed by atoms with Gasteiger partial charge in [0.2, 0.25) is 0 Å². The van der Waals surface area contributed by atoms with Crippen LogP contribution in [0.1, 0.15) is 73.7 Å². The van der Waals surface area contributed by atoms with Crippen molar-refractivity contribution in [2.75, 3.05) is 4.90 Å². The number of anilines is 3. The van der Waals surface area contributed by atoms with Gasteiger partial charge in [-0.15, -0.1) is 0 Å². The second-order valence-electron chi connectivity index (χ2n) is 14.3. The van der Waals surface area contributed by atoms with E-state index in [1.165, 1.54) is 56.0 Å². The van der Waals surface area contributed by atoms with Gasteiger partial charge in [0, 0.05) is 27.9 Å². The zero-order valence-electron chi connectivity index (χ0n) is 27.8. The Kier molecular flexibility index (Phi) is 6.29. The number of fused-ring (bicyclic) bond motifs is 5. The molecule has 0 saturated carbocycles. The summed E-state index contributed by atoms with van der Waals surface area (Å²) in [6, 6.07) is 41.9. The van der Waals surface area contributed by atoms with Crippen molar-refractivity contribution in [1.82, 2.24) is 15.2 Å². The number of para-hydroxylation sites is 2. The smallest absolute Gasteiger partial charge is 0.178 e. The van der Waals surface area contributed by atoms with E-state index in [-0.39, 0.29) is 16.7 Å². The van der Waals surface area contributed by atoms with Crippen LogP contribution in [0.4, 0.5) is 17.1 Å². The van der Waals surface area contributed by atoms with Crippen LogP contribution in [-0.4, -0.2) is 15.2 Å². The summed E-state index contributed by atoms with van der Waals surface area (Å²) in [5, 5.41) is 7.95. The van der Waals surface area contributed by atoms with Crippen LogP contribution in [0, 0.1) is 0 Å². The molecule has 1 unspecified atom stereocenters. The lowest BCUT2D eigenvalue weighted by Gasteiger charge is -2.43. The van der Waals surface area contributed by atoms with Crippen LogP contribution in [0.25, 0.3) is 28.1 Å². The minimum Gasteiger partial charge on any atom is -0.310 e. The molecule has 9 rings (SSSR count). The van der Waals surface area contributed by atoms with Gasteiger partial charge in [0.05, 0.1) is 17.1 Å². The number of rotatable bonds is 4. The lowest BCUT2D eigenvalue weighted by atomic mass is 9.72. The number of allylic oxidation sites excluding steroid dienone is 4. The first kappa shape index (κ1) is 28.7. The molecule has 2 heterocycles. The number of hydrogen-bond donors (Lipinski definition) is 1. The lowest BCUT2D eigenvalue weighted by molar-refractivity contribution is 0.627. The molecule has 2 aliphatic carbocycles. The molecule has 48 heavy (non-hydrogen) atoms. The summed E-state index contributed by atoms with van der Waals surface area (Å²) < 4.78 is 0. The number of benzene rings is 5. The second kappa shape index (κ2) is 10.5. The predicted molar refractivity (Wildman–Crippen MR) is 197 cm³/mol. The van der Waals surface area contributed by atoms with Gasteiger partial charge in [-0.25, -0.2) is 4.98 Å². The molecule has 4 heteroatoms. The molecule has 0 amide bonds. The Bertz CT molecular complexity index is 2240. The van der Waals surface area contributed by atoms with E-state index in [0.717, 1.165) is 29.2 Å². The Morgan fingerprint density at radius 2 is 1.27 bits per heavy atom. The van der Waals surface area contributed by atoms with Crippen molar-refractivity contribution in [3.8, 4) is 22.5 Å². The molecule has 0 fully saturated rings. The van der Waals surface area contributed by atoms with Crippen molar-refractivity contribution in [2.24, 2.45) is 0 Å². The van der Waals surface area contributed by atoms with E-state index in [9.17, 15) is 0 Å². The third-order valence-electron chi connectivity index (χ3n) is 10.9. The Morgan fingerprint density at radius 3 is 2.00 bits per heavy atom. The number of nitrogens with one attached hydrogen (secondary N) is 1. The maximum absolute atomic E-state index is 5.00. The van der Waals surface area contributed by atoms with E-state index in [1.807, 2.05) is 18.2 Å². The fraction of sp³-hybridized carbons (Fsp3) is 0.182. The van der Waals surface area contributed by atoms with Crippen molar-refractivity contribution in [3.63, 3.8) is 0 Å². The second-order valence-corrected chi connectivity index (χ2v) is 14.3. The summed E-state index contributed by atoms with van der Waals surface area (Å²) in [4.78, 5) is 7.53. The zero-order valence-corrected chi connectivity index (χ0v) is 27.8. The standard InChI is InChI=1S/C44H38N4/c1-43(2)34-23-10-12-25-36(34)48(37-26-13-11-24-35(37)43)38-27-15-22-32-31-21-14-20-30(39(31)44(3,4)40(32)38)29-18-8-9-19-33(29)42-45-41(46-47-42)28-16-6-5-7-17-28/h5-17,19-27,29H,18H2,1-4H3,(H,45,46,47). The first-order valence-corrected chi connectivity index (χ1v) is 17.0. The molecule has 1 atom stereocenters. The maximum atomic E-state index is 5.00. The highest BCUT2D eigenvalue weighted by Gasteiger charge is 2.44. The van der Waals surface area contributed by atoms with Gasteiger partial charge in [-0.2, -0.15) is 5.10 Å². The van der Waals surface area contributed by atoms with Crippen molar-refractivity contribution in [1.29, 1.82) is 0 Å². The summed E-state index contributed by atoms with van der Waals surface area (Å²) in [5.41, 5.74) is 15.0. The molecule has 0 saturated heterocycles. The summed E-state index contributed by atoms with van der Waals surface area (Å²) in [6.45, 7) is 9.53. The molecule has 5 aromatic carbocycles. The number of hydrogen-bond acceptors (Lipinski definition) is 3. The SMILES string of the molecule is CC1(C)c2ccccc2N(c2cccc3c2C(C)(C)c2c-3cccc2C2CC=CC=C2c2n[nH]c(-c3ccccc3)n2)c2ccccc21. The monoisotopic (exact) mass is 622 g/mol. The molecular weight excluding hydrogens is 585 g/mol. The Labute approximate surface area is 282 Å². The molecule has 0 radical (unpaired) electrons. The highest BCUT2D eigenvalue weighted by Crippen LogP contribution is 2.59. The molecule has 1 aromatic heterocycles. The summed E-state index contributed by atoms with van der Waals surface area (Å²) in [7, 11) is 0. The van der Waals surface area contributed by atoms with Crippen LogP contribution in [0.2, 0.25) is 0 Å². The minimum absolute atomic E-state index is 0.106. The third-order valence-corrected chi connectivity index (χ3v) is 10.9. The normalized spacial score (nSPS) is 18.0. The van der Waals surface area contributed by atoms with Crippen molar-refractivity contribution >= 4 is 22.6 Å². The van der Waals surface area contributed by atoms with Gasteiger partial charge in [0.25, 0.3) is 0 Å². The average Bonchev–Trinajstić information content (AvgIpc) is 3.71. The van der Waals surface area contributed by atoms with Crippen LogP contribution < -0.4 is 4.90 Å². The van der Waals surface area contributed by atoms with E-state index in [0.29, 0.717) is 0 Å². The molecule has 1 N–H and O–H groups in total. The average molecular weight is 623 g/mol. The van der Waals surface area contributed by atoms with Crippen molar-refractivity contribution in [3.05, 3.63) is 167 Å². The number of nitrogens with zero attached hydrogens (tertiary/aromatic N) is 3. The fourth-order valence-corrected chi connectivity index (χ4v) is 8.71. The Hall–Kier alpha value is -5.48. The highest BCUT2D eigenvalue weighted by molar-refractivity contribution is 5.94. The topological polar surface area (TPSA) is 44.8 Å². The zero-order chi connectivity index (χ0) is 32.6. The summed E-state index contributed by atoms with van der Waals surface area (Å²) >= 11 is 0. The van der Waals surface area contributed by atoms with E-state index < -0.39 is 0 Å². The van der Waals surface area contributed by atoms with Crippen LogP contribution in [0.15, 0.2) is 133 Å². The van der Waals surface area contributed by atoms with Crippen LogP contribution >= 0.6 is 0 Å². The number of aromatic amines is 1. The lowest BCUT2D eigenvalue weighted by Crippen LogP contribution is -2.31. The van der Waals surface area contributed by atoms with E-state index in [1.54, 1.807) is 0 Å². The van der Waals surface area contributed by atoms with Crippen LogP contribution in [-0.2, 0) is 10.8 Å². The molecule has 3 aliphatic rings. The molecule has 4 nitrogen and oxygen atoms in total. The first-order valence-electron chi connectivity index (χ1n) is 17.0. The molecule has 0 spiro atoms. The third kappa shape index (κ3) is 4.08. The first-order chi connectivity index (χ1) is 23.4. The van der Waals surface area contributed by atoms with Crippen LogP contribution in [0.5, 0.6) is 0 Å². The Morgan fingerprint density at radius 1 is 0.646 bits per heavy atom. The van der Waals surface area contributed by atoms with E-state index in [4.69, 9.17) is 10.1 Å². The van der Waals surface area contributed by atoms with Gasteiger partial charge in [0.15, 0.2) is 11.6 Å². The molecule has 0 bridgehead atoms. The van der Waals surface area contributed by atoms with Crippen LogP contribution in [0.3, 0.4) is 0 Å². The predicted octanol–water partition coefficient (Wildman–Crippen LogP) is 11.0.